The zero-order chi connectivity index (χ0) is 10.5. The van der Waals surface area contributed by atoms with Gasteiger partial charge in [0.2, 0.25) is 0 Å². The van der Waals surface area contributed by atoms with Gasteiger partial charge in [-0.25, -0.2) is 0 Å². The van der Waals surface area contributed by atoms with Crippen LogP contribution in [0.2, 0.25) is 0 Å². The van der Waals surface area contributed by atoms with Gasteiger partial charge in [0.15, 0.2) is 5.78 Å². The Hall–Kier alpha value is 1.59. The Bertz CT molecular complexity index is 168. The molecule has 0 aromatic carbocycles. The van der Waals surface area contributed by atoms with Crippen LogP contribution in [0.4, 0.5) is 0 Å². The number of rotatable bonds is 6. The zero-order valence-corrected chi connectivity index (χ0v) is 13.7. The second-order valence-electron chi connectivity index (χ2n) is 2.83. The first-order valence-electron chi connectivity index (χ1n) is 4.12. The van der Waals surface area contributed by atoms with Gasteiger partial charge in [0.1, 0.15) is 6.97 Å². The van der Waals surface area contributed by atoms with Gasteiger partial charge in [0.05, 0.1) is 0 Å². The molecule has 78 valence electrons. The van der Waals surface area contributed by atoms with Gasteiger partial charge in [0.25, 0.3) is 0 Å². The summed E-state index contributed by atoms with van der Waals surface area (Å²) in [6.07, 6.45) is 4.18. The van der Waals surface area contributed by atoms with Crippen LogP contribution in [0.5, 0.6) is 0 Å². The van der Waals surface area contributed by atoms with E-state index in [2.05, 4.69) is 70.6 Å². The van der Waals surface area contributed by atoms with Crippen LogP contribution < -0.4 is 0 Å². The van der Waals surface area contributed by atoms with Crippen molar-refractivity contribution in [3.05, 3.63) is 0 Å². The number of alkyl halides is 4. The lowest BCUT2D eigenvalue weighted by Gasteiger charge is -2.19. The molecule has 0 atom stereocenters. The number of hydrogen-bond donors (Lipinski definition) is 0. The van der Waals surface area contributed by atoms with E-state index in [1.807, 2.05) is 0 Å². The van der Waals surface area contributed by atoms with Crippen molar-refractivity contribution in [1.82, 2.24) is 0 Å². The fraction of sp³-hybridized carbons (Fsp3) is 0.875. The molecule has 0 aliphatic heterocycles. The zero-order valence-electron chi connectivity index (χ0n) is 7.33. The standard InChI is InChI=1S/C8H12Br4O/c1-2-3-4-5-8(11,12)6(13)7(9)10/h7H,2-5H2,1H3. The molecule has 0 aromatic rings. The van der Waals surface area contributed by atoms with Crippen LogP contribution in [0.1, 0.15) is 32.6 Å². The number of carbonyl (C=O) groups excluding carboxylic acids is 1. The van der Waals surface area contributed by atoms with Gasteiger partial charge in [0, 0.05) is 0 Å². The summed E-state index contributed by atoms with van der Waals surface area (Å²) in [7, 11) is 0. The maximum Gasteiger partial charge on any atom is 0.184 e. The SMILES string of the molecule is CCCCCC(Br)(Br)C(=O)C(Br)Br. The lowest BCUT2D eigenvalue weighted by Crippen LogP contribution is -2.29. The predicted octanol–water partition coefficient (Wildman–Crippen LogP) is 4.74. The second-order valence-corrected chi connectivity index (χ2v) is 9.66. The molecule has 0 heterocycles. The molecular weight excluding hydrogens is 432 g/mol. The highest BCUT2D eigenvalue weighted by molar-refractivity contribution is 9.27. The van der Waals surface area contributed by atoms with Crippen LogP contribution in [0.25, 0.3) is 0 Å². The number of unbranched alkanes of at least 4 members (excludes halogenated alkanes) is 2. The molecule has 5 heteroatoms. The van der Waals surface area contributed by atoms with Crippen molar-refractivity contribution in [1.29, 1.82) is 0 Å². The molecule has 0 bridgehead atoms. The minimum atomic E-state index is -0.577. The smallest absolute Gasteiger partial charge is 0.184 e. The van der Waals surface area contributed by atoms with Crippen molar-refractivity contribution >= 4 is 69.5 Å². The highest BCUT2D eigenvalue weighted by Gasteiger charge is 2.34. The second kappa shape index (κ2) is 6.96. The van der Waals surface area contributed by atoms with Crippen molar-refractivity contribution in [2.24, 2.45) is 0 Å². The van der Waals surface area contributed by atoms with Crippen molar-refractivity contribution in [2.45, 2.75) is 39.6 Å². The minimum absolute atomic E-state index is 0.0728. The first-order valence-corrected chi connectivity index (χ1v) is 7.54. The van der Waals surface area contributed by atoms with Gasteiger partial charge in [-0.1, -0.05) is 89.9 Å². The maximum absolute atomic E-state index is 11.6. The van der Waals surface area contributed by atoms with E-state index in [4.69, 9.17) is 0 Å². The summed E-state index contributed by atoms with van der Waals surface area (Å²) in [5, 5.41) is 0. The number of carbonyl (C=O) groups is 1. The first-order chi connectivity index (χ1) is 5.91. The molecule has 1 nitrogen and oxygen atoms in total. The normalized spacial score (nSPS) is 12.2. The lowest BCUT2D eigenvalue weighted by atomic mass is 10.1. The molecule has 0 spiro atoms. The summed E-state index contributed by atoms with van der Waals surface area (Å²) in [6, 6.07) is 0. The van der Waals surface area contributed by atoms with Crippen LogP contribution in [0, 0.1) is 0 Å². The van der Waals surface area contributed by atoms with Crippen molar-refractivity contribution in [3.63, 3.8) is 0 Å². The Morgan fingerprint density at radius 2 is 1.85 bits per heavy atom. The molecule has 0 aliphatic carbocycles. The first kappa shape index (κ1) is 14.6. The molecule has 0 radical (unpaired) electrons. The van der Waals surface area contributed by atoms with Crippen LogP contribution >= 0.6 is 63.7 Å². The summed E-state index contributed by atoms with van der Waals surface area (Å²) < 4.78 is -0.868. The molecule has 0 rings (SSSR count). The predicted molar refractivity (Wildman–Crippen MR) is 71.4 cm³/mol. The van der Waals surface area contributed by atoms with Crippen LogP contribution in [-0.4, -0.2) is 12.8 Å². The number of Topliss-reactive ketones (excluding diaryl/α,β-unsaturated/α-hetero) is 1. The van der Waals surface area contributed by atoms with Gasteiger partial charge in [-0.15, -0.1) is 0 Å². The molecule has 0 N–H and O–H groups in total. The summed E-state index contributed by atoms with van der Waals surface area (Å²) in [5.74, 6) is 0.0728. The molecule has 0 aliphatic rings. The Kier molecular flexibility index (Phi) is 7.81. The molecular formula is C8H12Br4O. The molecule has 0 fully saturated rings. The summed E-state index contributed by atoms with van der Waals surface area (Å²) >= 11 is 13.2. The highest BCUT2D eigenvalue weighted by atomic mass is 79.9. The Labute approximate surface area is 113 Å². The van der Waals surface area contributed by atoms with Gasteiger partial charge >= 0.3 is 0 Å². The molecule has 0 unspecified atom stereocenters. The third-order valence-corrected chi connectivity index (χ3v) is 4.06. The van der Waals surface area contributed by atoms with Gasteiger partial charge < -0.3 is 0 Å². The van der Waals surface area contributed by atoms with E-state index in [0.29, 0.717) is 0 Å². The van der Waals surface area contributed by atoms with E-state index < -0.39 is 3.23 Å². The summed E-state index contributed by atoms with van der Waals surface area (Å²) in [6.45, 7) is 2.14. The van der Waals surface area contributed by atoms with E-state index in [-0.39, 0.29) is 9.52 Å². The van der Waals surface area contributed by atoms with Crippen molar-refractivity contribution in [2.75, 3.05) is 0 Å². The third kappa shape index (κ3) is 5.90. The minimum Gasteiger partial charge on any atom is -0.295 e. The summed E-state index contributed by atoms with van der Waals surface area (Å²) in [5.41, 5.74) is 0. The fourth-order valence-electron chi connectivity index (χ4n) is 0.880. The van der Waals surface area contributed by atoms with Crippen LogP contribution in [-0.2, 0) is 4.79 Å². The average Bonchev–Trinajstić information content (AvgIpc) is 2.03. The van der Waals surface area contributed by atoms with E-state index in [9.17, 15) is 4.79 Å². The maximum atomic E-state index is 11.6. The highest BCUT2D eigenvalue weighted by Crippen LogP contribution is 2.36. The van der Waals surface area contributed by atoms with Crippen molar-refractivity contribution < 1.29 is 4.79 Å². The summed E-state index contributed by atoms with van der Waals surface area (Å²) in [4.78, 5) is 11.6. The number of hydrogen-bond acceptors (Lipinski definition) is 1. The van der Waals surface area contributed by atoms with Crippen molar-refractivity contribution in [3.8, 4) is 0 Å². The molecule has 0 saturated heterocycles. The van der Waals surface area contributed by atoms with E-state index >= 15 is 0 Å². The van der Waals surface area contributed by atoms with Gasteiger partial charge in [-0.3, -0.25) is 4.79 Å². The van der Waals surface area contributed by atoms with Gasteiger partial charge in [-0.2, -0.15) is 0 Å². The molecule has 0 amide bonds. The Morgan fingerprint density at radius 1 is 1.31 bits per heavy atom. The van der Waals surface area contributed by atoms with Crippen LogP contribution in [0.15, 0.2) is 0 Å². The van der Waals surface area contributed by atoms with E-state index in [0.717, 1.165) is 25.7 Å². The molecule has 0 saturated carbocycles. The van der Waals surface area contributed by atoms with E-state index in [1.54, 1.807) is 0 Å². The van der Waals surface area contributed by atoms with E-state index in [1.165, 1.54) is 0 Å². The monoisotopic (exact) mass is 440 g/mol. The largest absolute Gasteiger partial charge is 0.295 e. The Morgan fingerprint density at radius 3 is 2.23 bits per heavy atom. The molecule has 13 heavy (non-hydrogen) atoms. The average molecular weight is 444 g/mol. The quantitative estimate of drug-likeness (QED) is 0.428. The van der Waals surface area contributed by atoms with Gasteiger partial charge in [-0.05, 0) is 6.42 Å². The fourth-order valence-corrected chi connectivity index (χ4v) is 3.91. The van der Waals surface area contributed by atoms with Crippen LogP contribution in [0.3, 0.4) is 0 Å². The Balaban J connectivity index is 3.99. The third-order valence-electron chi connectivity index (χ3n) is 1.65. The number of ketones is 1. The lowest BCUT2D eigenvalue weighted by molar-refractivity contribution is -0.117. The topological polar surface area (TPSA) is 17.1 Å². The molecule has 0 aromatic heterocycles. The number of halogens is 4.